The second-order valence-corrected chi connectivity index (χ2v) is 4.64. The summed E-state index contributed by atoms with van der Waals surface area (Å²) < 4.78 is 0. The zero-order valence-electron chi connectivity index (χ0n) is 8.57. The maximum absolute atomic E-state index is 11.6. The molecular weight excluding hydrogens is 178 g/mol. The fraction of sp³-hybridized carbons (Fsp3) is 0.727. The largest absolute Gasteiger partial charge is 0.393 e. The highest BCUT2D eigenvalue weighted by Gasteiger charge is 2.41. The van der Waals surface area contributed by atoms with E-state index in [0.29, 0.717) is 17.4 Å². The lowest BCUT2D eigenvalue weighted by Gasteiger charge is -2.17. The lowest BCUT2D eigenvalue weighted by molar-refractivity contribution is -0.126. The second-order valence-electron chi connectivity index (χ2n) is 4.64. The molecule has 3 heteroatoms. The number of hydrogen-bond donors (Lipinski definition) is 1. The van der Waals surface area contributed by atoms with Gasteiger partial charge in [0.2, 0.25) is 5.91 Å². The standard InChI is InChI=1S/C11H17NO2/c1-7(2)11(14)12-5-8-3-10(13)4-9(8)6-12/h8-10,13H,1,3-6H2,2H3. The van der Waals surface area contributed by atoms with Gasteiger partial charge in [-0.1, -0.05) is 6.58 Å². The lowest BCUT2D eigenvalue weighted by atomic mass is 10.0. The van der Waals surface area contributed by atoms with Gasteiger partial charge < -0.3 is 10.0 Å². The van der Waals surface area contributed by atoms with Crippen molar-refractivity contribution in [1.29, 1.82) is 0 Å². The Morgan fingerprint density at radius 3 is 2.29 bits per heavy atom. The van der Waals surface area contributed by atoms with Gasteiger partial charge in [-0.05, 0) is 31.6 Å². The number of likely N-dealkylation sites (tertiary alicyclic amines) is 1. The van der Waals surface area contributed by atoms with Crippen LogP contribution in [-0.4, -0.2) is 35.1 Å². The molecule has 1 amide bonds. The van der Waals surface area contributed by atoms with Crippen LogP contribution in [0.15, 0.2) is 12.2 Å². The third-order valence-electron chi connectivity index (χ3n) is 3.38. The fourth-order valence-corrected chi connectivity index (χ4v) is 2.70. The van der Waals surface area contributed by atoms with E-state index in [4.69, 9.17) is 0 Å². The minimum Gasteiger partial charge on any atom is -0.393 e. The van der Waals surface area contributed by atoms with Crippen LogP contribution in [0.3, 0.4) is 0 Å². The third-order valence-corrected chi connectivity index (χ3v) is 3.38. The summed E-state index contributed by atoms with van der Waals surface area (Å²) in [6.07, 6.45) is 1.60. The number of aliphatic hydroxyl groups is 1. The van der Waals surface area contributed by atoms with E-state index in [1.807, 2.05) is 4.90 Å². The van der Waals surface area contributed by atoms with Gasteiger partial charge in [0.05, 0.1) is 6.10 Å². The van der Waals surface area contributed by atoms with Crippen LogP contribution in [0, 0.1) is 11.8 Å². The average Bonchev–Trinajstić information content (AvgIpc) is 2.59. The molecule has 0 radical (unpaired) electrons. The molecular formula is C11H17NO2. The molecule has 1 heterocycles. The van der Waals surface area contributed by atoms with Gasteiger partial charge in [-0.25, -0.2) is 0 Å². The highest BCUT2D eigenvalue weighted by molar-refractivity contribution is 5.92. The van der Waals surface area contributed by atoms with Crippen molar-refractivity contribution in [2.75, 3.05) is 13.1 Å². The number of fused-ring (bicyclic) bond motifs is 1. The van der Waals surface area contributed by atoms with Crippen molar-refractivity contribution in [2.24, 2.45) is 11.8 Å². The SMILES string of the molecule is C=C(C)C(=O)N1CC2CC(O)CC2C1. The molecule has 2 unspecified atom stereocenters. The minimum absolute atomic E-state index is 0.0777. The van der Waals surface area contributed by atoms with Crippen LogP contribution in [0.25, 0.3) is 0 Å². The van der Waals surface area contributed by atoms with Gasteiger partial charge in [0, 0.05) is 18.7 Å². The van der Waals surface area contributed by atoms with Crippen LogP contribution >= 0.6 is 0 Å². The fourth-order valence-electron chi connectivity index (χ4n) is 2.70. The summed E-state index contributed by atoms with van der Waals surface area (Å²) in [6.45, 7) is 7.05. The van der Waals surface area contributed by atoms with Crippen molar-refractivity contribution in [3.63, 3.8) is 0 Å². The predicted octanol–water partition coefficient (Wildman–Crippen LogP) is 0.792. The van der Waals surface area contributed by atoms with Gasteiger partial charge in [-0.3, -0.25) is 4.79 Å². The monoisotopic (exact) mass is 195 g/mol. The summed E-state index contributed by atoms with van der Waals surface area (Å²) in [7, 11) is 0. The Kier molecular flexibility index (Phi) is 2.35. The molecule has 1 saturated carbocycles. The van der Waals surface area contributed by atoms with E-state index in [1.54, 1.807) is 6.92 Å². The number of rotatable bonds is 1. The number of carbonyl (C=O) groups excluding carboxylic acids is 1. The molecule has 2 fully saturated rings. The summed E-state index contributed by atoms with van der Waals surface area (Å²) in [6, 6.07) is 0. The van der Waals surface area contributed by atoms with Crippen molar-refractivity contribution in [1.82, 2.24) is 4.90 Å². The number of carbonyl (C=O) groups is 1. The van der Waals surface area contributed by atoms with Crippen LogP contribution in [-0.2, 0) is 4.79 Å². The Morgan fingerprint density at radius 2 is 1.86 bits per heavy atom. The summed E-state index contributed by atoms with van der Waals surface area (Å²) in [4.78, 5) is 13.5. The van der Waals surface area contributed by atoms with Gasteiger partial charge in [0.1, 0.15) is 0 Å². The van der Waals surface area contributed by atoms with E-state index in [9.17, 15) is 9.90 Å². The smallest absolute Gasteiger partial charge is 0.248 e. The summed E-state index contributed by atoms with van der Waals surface area (Å²) in [5.74, 6) is 1.12. The van der Waals surface area contributed by atoms with Gasteiger partial charge in [0.25, 0.3) is 0 Å². The molecule has 1 N–H and O–H groups in total. The second kappa shape index (κ2) is 3.39. The Hall–Kier alpha value is -0.830. The molecule has 0 spiro atoms. The van der Waals surface area contributed by atoms with E-state index in [2.05, 4.69) is 6.58 Å². The maximum Gasteiger partial charge on any atom is 0.248 e. The van der Waals surface area contributed by atoms with Crippen LogP contribution in [0.4, 0.5) is 0 Å². The van der Waals surface area contributed by atoms with E-state index in [0.717, 1.165) is 25.9 Å². The molecule has 1 aliphatic carbocycles. The van der Waals surface area contributed by atoms with Crippen LogP contribution < -0.4 is 0 Å². The molecule has 3 nitrogen and oxygen atoms in total. The van der Waals surface area contributed by atoms with Crippen molar-refractivity contribution >= 4 is 5.91 Å². The molecule has 78 valence electrons. The molecule has 0 bridgehead atoms. The minimum atomic E-state index is -0.132. The number of hydrogen-bond acceptors (Lipinski definition) is 2. The van der Waals surface area contributed by atoms with E-state index in [1.165, 1.54) is 0 Å². The molecule has 0 aromatic heterocycles. The first-order valence-electron chi connectivity index (χ1n) is 5.20. The first kappa shape index (κ1) is 9.71. The molecule has 14 heavy (non-hydrogen) atoms. The number of aliphatic hydroxyl groups excluding tert-OH is 1. The van der Waals surface area contributed by atoms with Crippen LogP contribution in [0.1, 0.15) is 19.8 Å². The Morgan fingerprint density at radius 1 is 1.36 bits per heavy atom. The highest BCUT2D eigenvalue weighted by Crippen LogP contribution is 2.38. The predicted molar refractivity (Wildman–Crippen MR) is 53.6 cm³/mol. The molecule has 0 aromatic carbocycles. The quantitative estimate of drug-likeness (QED) is 0.628. The summed E-state index contributed by atoms with van der Waals surface area (Å²) in [5.41, 5.74) is 0.616. The van der Waals surface area contributed by atoms with Crippen molar-refractivity contribution < 1.29 is 9.90 Å². The van der Waals surface area contributed by atoms with Crippen molar-refractivity contribution in [2.45, 2.75) is 25.9 Å². The highest BCUT2D eigenvalue weighted by atomic mass is 16.3. The molecule has 2 aliphatic rings. The third kappa shape index (κ3) is 1.57. The Balaban J connectivity index is 1.97. The first-order chi connectivity index (χ1) is 6.58. The summed E-state index contributed by atoms with van der Waals surface area (Å²) in [5, 5.41) is 9.45. The van der Waals surface area contributed by atoms with Gasteiger partial charge in [-0.15, -0.1) is 0 Å². The topological polar surface area (TPSA) is 40.5 Å². The van der Waals surface area contributed by atoms with E-state index >= 15 is 0 Å². The number of amides is 1. The van der Waals surface area contributed by atoms with Crippen LogP contribution in [0.2, 0.25) is 0 Å². The molecule has 1 saturated heterocycles. The van der Waals surface area contributed by atoms with E-state index in [-0.39, 0.29) is 12.0 Å². The Labute approximate surface area is 84.4 Å². The summed E-state index contributed by atoms with van der Waals surface area (Å²) >= 11 is 0. The average molecular weight is 195 g/mol. The van der Waals surface area contributed by atoms with E-state index < -0.39 is 0 Å². The molecule has 2 rings (SSSR count). The van der Waals surface area contributed by atoms with Gasteiger partial charge >= 0.3 is 0 Å². The maximum atomic E-state index is 11.6. The number of nitrogens with zero attached hydrogens (tertiary/aromatic N) is 1. The lowest BCUT2D eigenvalue weighted by Crippen LogP contribution is -2.30. The molecule has 2 atom stereocenters. The van der Waals surface area contributed by atoms with Gasteiger partial charge in [-0.2, -0.15) is 0 Å². The van der Waals surface area contributed by atoms with Gasteiger partial charge in [0.15, 0.2) is 0 Å². The Bertz CT molecular complexity index is 260. The van der Waals surface area contributed by atoms with Crippen molar-refractivity contribution in [3.05, 3.63) is 12.2 Å². The van der Waals surface area contributed by atoms with Crippen LogP contribution in [0.5, 0.6) is 0 Å². The zero-order valence-corrected chi connectivity index (χ0v) is 8.57. The molecule has 0 aromatic rings. The molecule has 1 aliphatic heterocycles. The normalized spacial score (nSPS) is 35.9. The van der Waals surface area contributed by atoms with Crippen molar-refractivity contribution in [3.8, 4) is 0 Å². The zero-order chi connectivity index (χ0) is 10.3. The first-order valence-corrected chi connectivity index (χ1v) is 5.20.